The van der Waals surface area contributed by atoms with Gasteiger partial charge in [-0.15, -0.1) is 0 Å². The molecule has 0 spiro atoms. The summed E-state index contributed by atoms with van der Waals surface area (Å²) in [4.78, 5) is 16.2. The van der Waals surface area contributed by atoms with Crippen molar-refractivity contribution < 1.29 is 9.90 Å². The zero-order chi connectivity index (χ0) is 13.1. The second-order valence-corrected chi connectivity index (χ2v) is 5.66. The third kappa shape index (κ3) is 3.11. The van der Waals surface area contributed by atoms with Crippen molar-refractivity contribution in [2.24, 2.45) is 0 Å². The van der Waals surface area contributed by atoms with E-state index in [1.165, 1.54) is 11.8 Å². The van der Waals surface area contributed by atoms with Crippen molar-refractivity contribution in [3.8, 4) is 0 Å². The summed E-state index contributed by atoms with van der Waals surface area (Å²) in [6.45, 7) is 1.70. The third-order valence-corrected chi connectivity index (χ3v) is 3.73. The van der Waals surface area contributed by atoms with E-state index in [4.69, 9.17) is 5.11 Å². The molecule has 0 aliphatic rings. The van der Waals surface area contributed by atoms with Crippen LogP contribution in [0.15, 0.2) is 50.8 Å². The van der Waals surface area contributed by atoms with Crippen LogP contribution in [-0.2, 0) is 0 Å². The maximum absolute atomic E-state index is 10.9. The van der Waals surface area contributed by atoms with Gasteiger partial charge in [-0.05, 0) is 37.3 Å². The standard InChI is InChI=1S/C13H10BrNO2S/c1-8-11(13(16)17)5-6-12(15-8)18-10-4-2-3-9(14)7-10/h2-7H,1H3,(H,16,17). The van der Waals surface area contributed by atoms with Crippen molar-refractivity contribution in [2.45, 2.75) is 16.8 Å². The first-order valence-corrected chi connectivity index (χ1v) is 6.81. The number of nitrogens with zero attached hydrogens (tertiary/aromatic N) is 1. The van der Waals surface area contributed by atoms with E-state index in [-0.39, 0.29) is 5.56 Å². The Labute approximate surface area is 117 Å². The number of carboxylic acids is 1. The molecule has 0 fully saturated rings. The highest BCUT2D eigenvalue weighted by atomic mass is 79.9. The number of carbonyl (C=O) groups is 1. The fourth-order valence-electron chi connectivity index (χ4n) is 1.47. The van der Waals surface area contributed by atoms with Crippen LogP contribution in [-0.4, -0.2) is 16.1 Å². The first-order chi connectivity index (χ1) is 8.56. The Balaban J connectivity index is 2.25. The van der Waals surface area contributed by atoms with Crippen LogP contribution >= 0.6 is 27.7 Å². The van der Waals surface area contributed by atoms with E-state index in [1.54, 1.807) is 19.1 Å². The molecular weight excluding hydrogens is 314 g/mol. The van der Waals surface area contributed by atoms with Gasteiger partial charge in [0.25, 0.3) is 0 Å². The monoisotopic (exact) mass is 323 g/mol. The van der Waals surface area contributed by atoms with E-state index in [9.17, 15) is 4.79 Å². The first-order valence-electron chi connectivity index (χ1n) is 5.20. The molecular formula is C13H10BrNO2S. The zero-order valence-electron chi connectivity index (χ0n) is 9.55. The first kappa shape index (κ1) is 13.1. The number of hydrogen-bond acceptors (Lipinski definition) is 3. The fourth-order valence-corrected chi connectivity index (χ4v) is 2.92. The molecule has 3 nitrogen and oxygen atoms in total. The molecule has 1 aromatic carbocycles. The quantitative estimate of drug-likeness (QED) is 0.927. The van der Waals surface area contributed by atoms with Crippen LogP contribution in [0.25, 0.3) is 0 Å². The minimum atomic E-state index is -0.945. The van der Waals surface area contributed by atoms with Gasteiger partial charge in [-0.2, -0.15) is 0 Å². The summed E-state index contributed by atoms with van der Waals surface area (Å²) < 4.78 is 1.01. The SMILES string of the molecule is Cc1nc(Sc2cccc(Br)c2)ccc1C(=O)O. The van der Waals surface area contributed by atoms with Gasteiger partial charge in [0.1, 0.15) is 5.03 Å². The molecule has 0 radical (unpaired) electrons. The summed E-state index contributed by atoms with van der Waals surface area (Å²) in [5, 5.41) is 9.72. The van der Waals surface area contributed by atoms with E-state index in [1.807, 2.05) is 24.3 Å². The van der Waals surface area contributed by atoms with Crippen LogP contribution in [0.3, 0.4) is 0 Å². The molecule has 0 bridgehead atoms. The Kier molecular flexibility index (Phi) is 4.04. The molecule has 1 aromatic heterocycles. The van der Waals surface area contributed by atoms with Crippen LogP contribution < -0.4 is 0 Å². The highest BCUT2D eigenvalue weighted by Crippen LogP contribution is 2.28. The van der Waals surface area contributed by atoms with Crippen LogP contribution in [0.4, 0.5) is 0 Å². The smallest absolute Gasteiger partial charge is 0.337 e. The highest BCUT2D eigenvalue weighted by Gasteiger charge is 2.09. The molecule has 0 aliphatic carbocycles. The molecule has 0 atom stereocenters. The van der Waals surface area contributed by atoms with Gasteiger partial charge in [0, 0.05) is 9.37 Å². The maximum atomic E-state index is 10.9. The van der Waals surface area contributed by atoms with Crippen molar-refractivity contribution in [3.63, 3.8) is 0 Å². The number of aromatic nitrogens is 1. The number of benzene rings is 1. The van der Waals surface area contributed by atoms with Gasteiger partial charge in [0.2, 0.25) is 0 Å². The second-order valence-electron chi connectivity index (χ2n) is 3.65. The molecule has 92 valence electrons. The van der Waals surface area contributed by atoms with Gasteiger partial charge < -0.3 is 5.11 Å². The number of hydrogen-bond donors (Lipinski definition) is 1. The van der Waals surface area contributed by atoms with Crippen LogP contribution in [0.1, 0.15) is 16.1 Å². The lowest BCUT2D eigenvalue weighted by atomic mass is 10.2. The predicted octanol–water partition coefficient (Wildman–Crippen LogP) is 4.00. The third-order valence-electron chi connectivity index (χ3n) is 2.31. The summed E-state index contributed by atoms with van der Waals surface area (Å²) in [7, 11) is 0. The van der Waals surface area contributed by atoms with Crippen LogP contribution in [0.5, 0.6) is 0 Å². The largest absolute Gasteiger partial charge is 0.478 e. The van der Waals surface area contributed by atoms with Crippen molar-refractivity contribution in [2.75, 3.05) is 0 Å². The highest BCUT2D eigenvalue weighted by molar-refractivity contribution is 9.10. The van der Waals surface area contributed by atoms with Gasteiger partial charge in [-0.25, -0.2) is 9.78 Å². The molecule has 2 aromatic rings. The van der Waals surface area contributed by atoms with Crippen molar-refractivity contribution >= 4 is 33.7 Å². The Morgan fingerprint density at radius 1 is 1.33 bits per heavy atom. The van der Waals surface area contributed by atoms with E-state index in [0.717, 1.165) is 14.4 Å². The van der Waals surface area contributed by atoms with E-state index in [2.05, 4.69) is 20.9 Å². The number of aryl methyl sites for hydroxylation is 1. The predicted molar refractivity (Wildman–Crippen MR) is 74.2 cm³/mol. The molecule has 18 heavy (non-hydrogen) atoms. The summed E-state index contributed by atoms with van der Waals surface area (Å²) in [5.41, 5.74) is 0.774. The molecule has 0 aliphatic heterocycles. The molecule has 0 amide bonds. The van der Waals surface area contributed by atoms with Crippen molar-refractivity contribution in [1.29, 1.82) is 0 Å². The maximum Gasteiger partial charge on any atom is 0.337 e. The molecule has 1 heterocycles. The van der Waals surface area contributed by atoms with Gasteiger partial charge in [-0.1, -0.05) is 33.8 Å². The zero-order valence-corrected chi connectivity index (χ0v) is 12.0. The van der Waals surface area contributed by atoms with Crippen LogP contribution in [0.2, 0.25) is 0 Å². The second kappa shape index (κ2) is 5.54. The van der Waals surface area contributed by atoms with E-state index >= 15 is 0 Å². The van der Waals surface area contributed by atoms with E-state index < -0.39 is 5.97 Å². The Morgan fingerprint density at radius 3 is 2.72 bits per heavy atom. The average molecular weight is 324 g/mol. The number of carboxylic acid groups (broad SMARTS) is 1. The minimum absolute atomic E-state index is 0.244. The lowest BCUT2D eigenvalue weighted by Gasteiger charge is -2.04. The topological polar surface area (TPSA) is 50.2 Å². The summed E-state index contributed by atoms with van der Waals surface area (Å²) >= 11 is 4.91. The van der Waals surface area contributed by atoms with Gasteiger partial charge in [0.05, 0.1) is 11.3 Å². The molecule has 0 saturated heterocycles. The number of aromatic carboxylic acids is 1. The normalized spacial score (nSPS) is 10.3. The van der Waals surface area contributed by atoms with Gasteiger partial charge in [-0.3, -0.25) is 0 Å². The average Bonchev–Trinajstić information content (AvgIpc) is 2.28. The number of halogens is 1. The van der Waals surface area contributed by atoms with Crippen molar-refractivity contribution in [1.82, 2.24) is 4.98 Å². The Bertz CT molecular complexity index is 601. The minimum Gasteiger partial charge on any atom is -0.478 e. The summed E-state index contributed by atoms with van der Waals surface area (Å²) in [5.74, 6) is -0.945. The fraction of sp³-hybridized carbons (Fsp3) is 0.0769. The van der Waals surface area contributed by atoms with Crippen molar-refractivity contribution in [3.05, 3.63) is 52.1 Å². The number of rotatable bonds is 3. The summed E-state index contributed by atoms with van der Waals surface area (Å²) in [6.07, 6.45) is 0. The Morgan fingerprint density at radius 2 is 2.11 bits per heavy atom. The summed E-state index contributed by atoms with van der Waals surface area (Å²) in [6, 6.07) is 11.2. The van der Waals surface area contributed by atoms with Gasteiger partial charge >= 0.3 is 5.97 Å². The van der Waals surface area contributed by atoms with Gasteiger partial charge in [0.15, 0.2) is 0 Å². The molecule has 2 rings (SSSR count). The lowest BCUT2D eigenvalue weighted by molar-refractivity contribution is 0.0695. The molecule has 5 heteroatoms. The van der Waals surface area contributed by atoms with Crippen LogP contribution in [0, 0.1) is 6.92 Å². The molecule has 1 N–H and O–H groups in total. The Hall–Kier alpha value is -1.33. The lowest BCUT2D eigenvalue weighted by Crippen LogP contribution is -2.01. The van der Waals surface area contributed by atoms with E-state index in [0.29, 0.717) is 5.69 Å². The number of pyridine rings is 1. The molecule has 0 unspecified atom stereocenters. The molecule has 0 saturated carbocycles.